The molecule has 1 heterocycles. The fraction of sp³-hybridized carbons (Fsp3) is 0.583. The van der Waals surface area contributed by atoms with E-state index >= 15 is 0 Å². The molecule has 1 atom stereocenters. The zero-order valence-corrected chi connectivity index (χ0v) is 10.1. The second kappa shape index (κ2) is 4.74. The van der Waals surface area contributed by atoms with Gasteiger partial charge in [0.1, 0.15) is 5.78 Å². The molecular formula is C12H18OS. The van der Waals surface area contributed by atoms with Crippen LogP contribution in [-0.4, -0.2) is 5.78 Å². The van der Waals surface area contributed by atoms with E-state index in [0.29, 0.717) is 18.1 Å². The summed E-state index contributed by atoms with van der Waals surface area (Å²) in [5.41, 5.74) is 0. The predicted octanol–water partition coefficient (Wildman–Crippen LogP) is 3.78. The highest BCUT2D eigenvalue weighted by molar-refractivity contribution is 7.12. The zero-order valence-electron chi connectivity index (χ0n) is 9.33. The molecule has 1 unspecified atom stereocenters. The van der Waals surface area contributed by atoms with Crippen molar-refractivity contribution >= 4 is 17.1 Å². The van der Waals surface area contributed by atoms with Crippen molar-refractivity contribution in [1.29, 1.82) is 0 Å². The molecule has 78 valence electrons. The molecule has 0 radical (unpaired) electrons. The Labute approximate surface area is 90.2 Å². The van der Waals surface area contributed by atoms with Crippen LogP contribution in [0, 0.1) is 12.8 Å². The summed E-state index contributed by atoms with van der Waals surface area (Å²) >= 11 is 1.75. The molecule has 0 saturated carbocycles. The highest BCUT2D eigenvalue weighted by Gasteiger charge is 2.23. The highest BCUT2D eigenvalue weighted by Crippen LogP contribution is 2.31. The molecule has 1 rings (SSSR count). The number of Topliss-reactive ketones (excluding diaryl/α,β-unsaturated/α-hetero) is 1. The molecule has 0 amide bonds. The molecule has 0 spiro atoms. The second-order valence-corrected chi connectivity index (χ2v) is 5.31. The standard InChI is InChI=1S/C12H18OS/c1-5-10(13)12(8(2)3)11-7-6-9(4)14-11/h6-8,12H,5H2,1-4H3. The average Bonchev–Trinajstić information content (AvgIpc) is 2.51. The molecule has 14 heavy (non-hydrogen) atoms. The predicted molar refractivity (Wildman–Crippen MR) is 61.9 cm³/mol. The molecule has 0 N–H and O–H groups in total. The summed E-state index contributed by atoms with van der Waals surface area (Å²) in [7, 11) is 0. The Bertz CT molecular complexity index is 312. The number of carbonyl (C=O) groups is 1. The molecular weight excluding hydrogens is 192 g/mol. The summed E-state index contributed by atoms with van der Waals surface area (Å²) in [4.78, 5) is 14.3. The monoisotopic (exact) mass is 210 g/mol. The van der Waals surface area contributed by atoms with E-state index in [4.69, 9.17) is 0 Å². The number of hydrogen-bond acceptors (Lipinski definition) is 2. The molecule has 1 aromatic heterocycles. The number of hydrogen-bond donors (Lipinski definition) is 0. The van der Waals surface area contributed by atoms with Gasteiger partial charge >= 0.3 is 0 Å². The Morgan fingerprint density at radius 3 is 2.43 bits per heavy atom. The van der Waals surface area contributed by atoms with Gasteiger partial charge in [0, 0.05) is 16.2 Å². The maximum Gasteiger partial charge on any atom is 0.141 e. The maximum absolute atomic E-state index is 11.8. The minimum absolute atomic E-state index is 0.110. The number of thiophene rings is 1. The lowest BCUT2D eigenvalue weighted by atomic mass is 9.89. The van der Waals surface area contributed by atoms with Crippen LogP contribution in [0.15, 0.2) is 12.1 Å². The smallest absolute Gasteiger partial charge is 0.141 e. The summed E-state index contributed by atoms with van der Waals surface area (Å²) in [5.74, 6) is 0.876. The van der Waals surface area contributed by atoms with Crippen molar-refractivity contribution in [3.8, 4) is 0 Å². The molecule has 0 aliphatic rings. The quantitative estimate of drug-likeness (QED) is 0.739. The van der Waals surface area contributed by atoms with E-state index in [9.17, 15) is 4.79 Å². The van der Waals surface area contributed by atoms with Crippen LogP contribution in [0.2, 0.25) is 0 Å². The molecule has 0 bridgehead atoms. The van der Waals surface area contributed by atoms with Gasteiger partial charge in [-0.15, -0.1) is 11.3 Å². The van der Waals surface area contributed by atoms with Gasteiger partial charge in [0.2, 0.25) is 0 Å². The summed E-state index contributed by atoms with van der Waals surface area (Å²) in [6.45, 7) is 8.26. The fourth-order valence-electron chi connectivity index (χ4n) is 1.70. The fourth-order valence-corrected chi connectivity index (χ4v) is 2.87. The SMILES string of the molecule is CCC(=O)C(c1ccc(C)s1)C(C)C. The van der Waals surface area contributed by atoms with E-state index in [0.717, 1.165) is 0 Å². The number of rotatable bonds is 4. The third-order valence-corrected chi connectivity index (χ3v) is 3.51. The molecule has 0 saturated heterocycles. The number of carbonyl (C=O) groups excluding carboxylic acids is 1. The van der Waals surface area contributed by atoms with Gasteiger partial charge in [-0.05, 0) is 25.0 Å². The van der Waals surface area contributed by atoms with Gasteiger partial charge in [-0.25, -0.2) is 0 Å². The van der Waals surface area contributed by atoms with Crippen molar-refractivity contribution in [1.82, 2.24) is 0 Å². The highest BCUT2D eigenvalue weighted by atomic mass is 32.1. The molecule has 0 aromatic carbocycles. The maximum atomic E-state index is 11.8. The van der Waals surface area contributed by atoms with Crippen molar-refractivity contribution < 1.29 is 4.79 Å². The Kier molecular flexibility index (Phi) is 3.87. The first kappa shape index (κ1) is 11.4. The average molecular weight is 210 g/mol. The van der Waals surface area contributed by atoms with Gasteiger partial charge in [0.15, 0.2) is 0 Å². The topological polar surface area (TPSA) is 17.1 Å². The summed E-state index contributed by atoms with van der Waals surface area (Å²) in [6, 6.07) is 4.19. The lowest BCUT2D eigenvalue weighted by molar-refractivity contribution is -0.121. The normalized spacial score (nSPS) is 13.2. The Hall–Kier alpha value is -0.630. The van der Waals surface area contributed by atoms with Crippen LogP contribution in [0.5, 0.6) is 0 Å². The third kappa shape index (κ3) is 2.44. The first-order valence-electron chi connectivity index (χ1n) is 5.15. The molecule has 2 heteroatoms. The third-order valence-electron chi connectivity index (χ3n) is 2.43. The molecule has 1 nitrogen and oxygen atoms in total. The van der Waals surface area contributed by atoms with Crippen LogP contribution in [0.25, 0.3) is 0 Å². The lowest BCUT2D eigenvalue weighted by Crippen LogP contribution is -2.16. The number of ketones is 1. The first-order chi connectivity index (χ1) is 6.56. The van der Waals surface area contributed by atoms with E-state index < -0.39 is 0 Å². The van der Waals surface area contributed by atoms with Crippen molar-refractivity contribution in [2.45, 2.75) is 40.0 Å². The van der Waals surface area contributed by atoms with E-state index in [2.05, 4.69) is 32.9 Å². The lowest BCUT2D eigenvalue weighted by Gasteiger charge is -2.17. The van der Waals surface area contributed by atoms with E-state index in [1.165, 1.54) is 9.75 Å². The molecule has 0 fully saturated rings. The first-order valence-corrected chi connectivity index (χ1v) is 5.97. The van der Waals surface area contributed by atoms with Gasteiger partial charge in [0.05, 0.1) is 5.92 Å². The van der Waals surface area contributed by atoms with Gasteiger partial charge in [-0.3, -0.25) is 4.79 Å². The summed E-state index contributed by atoms with van der Waals surface area (Å²) < 4.78 is 0. The van der Waals surface area contributed by atoms with Crippen molar-refractivity contribution in [2.24, 2.45) is 5.92 Å². The minimum atomic E-state index is 0.110. The van der Waals surface area contributed by atoms with Crippen molar-refractivity contribution in [3.63, 3.8) is 0 Å². The van der Waals surface area contributed by atoms with Crippen LogP contribution < -0.4 is 0 Å². The molecule has 0 aliphatic carbocycles. The van der Waals surface area contributed by atoms with Crippen molar-refractivity contribution in [2.75, 3.05) is 0 Å². The van der Waals surface area contributed by atoms with Gasteiger partial charge < -0.3 is 0 Å². The summed E-state index contributed by atoms with van der Waals surface area (Å²) in [5, 5.41) is 0. The molecule has 0 aliphatic heterocycles. The van der Waals surface area contributed by atoms with Crippen LogP contribution in [0.4, 0.5) is 0 Å². The van der Waals surface area contributed by atoms with Gasteiger partial charge in [-0.1, -0.05) is 20.8 Å². The van der Waals surface area contributed by atoms with Crippen LogP contribution in [-0.2, 0) is 4.79 Å². The van der Waals surface area contributed by atoms with E-state index in [-0.39, 0.29) is 5.92 Å². The molecule has 1 aromatic rings. The van der Waals surface area contributed by atoms with Crippen LogP contribution in [0.3, 0.4) is 0 Å². The van der Waals surface area contributed by atoms with Crippen LogP contribution in [0.1, 0.15) is 42.9 Å². The van der Waals surface area contributed by atoms with Crippen LogP contribution >= 0.6 is 11.3 Å². The van der Waals surface area contributed by atoms with Gasteiger partial charge in [-0.2, -0.15) is 0 Å². The number of aryl methyl sites for hydroxylation is 1. The Morgan fingerprint density at radius 2 is 2.07 bits per heavy atom. The largest absolute Gasteiger partial charge is 0.299 e. The van der Waals surface area contributed by atoms with Gasteiger partial charge in [0.25, 0.3) is 0 Å². The van der Waals surface area contributed by atoms with E-state index in [1.807, 2.05) is 6.92 Å². The Morgan fingerprint density at radius 1 is 1.43 bits per heavy atom. The van der Waals surface area contributed by atoms with E-state index in [1.54, 1.807) is 11.3 Å². The minimum Gasteiger partial charge on any atom is -0.299 e. The second-order valence-electron chi connectivity index (χ2n) is 3.99. The Balaban J connectivity index is 2.94. The summed E-state index contributed by atoms with van der Waals surface area (Å²) in [6.07, 6.45) is 0.639. The van der Waals surface area contributed by atoms with Crippen molar-refractivity contribution in [3.05, 3.63) is 21.9 Å². The zero-order chi connectivity index (χ0) is 10.7.